The van der Waals surface area contributed by atoms with E-state index in [9.17, 15) is 4.79 Å². The summed E-state index contributed by atoms with van der Waals surface area (Å²) >= 11 is 5.95. The first-order valence-corrected chi connectivity index (χ1v) is 5.10. The molecule has 1 atom stereocenters. The summed E-state index contributed by atoms with van der Waals surface area (Å²) in [6, 6.07) is 4.91. The van der Waals surface area contributed by atoms with Crippen LogP contribution < -0.4 is 10.1 Å². The molecule has 0 saturated carbocycles. The van der Waals surface area contributed by atoms with Crippen LogP contribution in [-0.2, 0) is 10.3 Å². The van der Waals surface area contributed by atoms with Gasteiger partial charge in [0.25, 0.3) is 0 Å². The van der Waals surface area contributed by atoms with Crippen LogP contribution in [0.3, 0.4) is 0 Å². The second-order valence-electron chi connectivity index (χ2n) is 3.53. The molecule has 0 radical (unpaired) electrons. The van der Waals surface area contributed by atoms with E-state index in [4.69, 9.17) is 21.4 Å². The van der Waals surface area contributed by atoms with E-state index < -0.39 is 11.5 Å². The van der Waals surface area contributed by atoms with Gasteiger partial charge in [0.05, 0.1) is 12.1 Å². The number of carboxylic acids is 1. The number of hydrogen-bond acceptors (Lipinski definition) is 3. The Morgan fingerprint density at radius 1 is 1.56 bits per heavy atom. The van der Waals surface area contributed by atoms with E-state index in [0.717, 1.165) is 0 Å². The summed E-state index contributed by atoms with van der Waals surface area (Å²) in [4.78, 5) is 11.2. The molecule has 0 heterocycles. The molecule has 0 aliphatic rings. The normalized spacial score (nSPS) is 14.2. The van der Waals surface area contributed by atoms with Crippen molar-refractivity contribution in [3.63, 3.8) is 0 Å². The monoisotopic (exact) mass is 243 g/mol. The Labute approximate surface area is 99.2 Å². The van der Waals surface area contributed by atoms with Gasteiger partial charge in [-0.05, 0) is 31.7 Å². The predicted molar refractivity (Wildman–Crippen MR) is 62.1 cm³/mol. The predicted octanol–water partition coefficient (Wildman–Crippen LogP) is 1.87. The molecule has 1 aromatic carbocycles. The Hall–Kier alpha value is -1.26. The first-order valence-electron chi connectivity index (χ1n) is 4.72. The molecule has 0 saturated heterocycles. The highest BCUT2D eigenvalue weighted by Gasteiger charge is 2.33. The van der Waals surface area contributed by atoms with Crippen LogP contribution >= 0.6 is 11.6 Å². The highest BCUT2D eigenvalue weighted by Crippen LogP contribution is 2.30. The number of aliphatic carboxylic acids is 1. The van der Waals surface area contributed by atoms with E-state index in [1.165, 1.54) is 7.11 Å². The van der Waals surface area contributed by atoms with E-state index in [1.54, 1.807) is 32.2 Å². The van der Waals surface area contributed by atoms with Crippen molar-refractivity contribution in [3.05, 3.63) is 28.8 Å². The second kappa shape index (κ2) is 4.72. The van der Waals surface area contributed by atoms with Gasteiger partial charge in [-0.2, -0.15) is 0 Å². The van der Waals surface area contributed by atoms with E-state index in [-0.39, 0.29) is 0 Å². The lowest BCUT2D eigenvalue weighted by Crippen LogP contribution is -2.44. The zero-order valence-electron chi connectivity index (χ0n) is 9.37. The van der Waals surface area contributed by atoms with Gasteiger partial charge in [0.2, 0.25) is 0 Å². The quantitative estimate of drug-likeness (QED) is 0.848. The molecule has 1 aromatic rings. The zero-order chi connectivity index (χ0) is 12.3. The van der Waals surface area contributed by atoms with Crippen molar-refractivity contribution in [2.75, 3.05) is 14.2 Å². The van der Waals surface area contributed by atoms with Crippen LogP contribution in [0.4, 0.5) is 0 Å². The number of carboxylic acid groups (broad SMARTS) is 1. The molecule has 88 valence electrons. The van der Waals surface area contributed by atoms with E-state index in [0.29, 0.717) is 16.3 Å². The van der Waals surface area contributed by atoms with Gasteiger partial charge >= 0.3 is 5.97 Å². The van der Waals surface area contributed by atoms with Gasteiger partial charge in [0.1, 0.15) is 11.3 Å². The van der Waals surface area contributed by atoms with Crippen LogP contribution in [-0.4, -0.2) is 25.2 Å². The third-order valence-electron chi connectivity index (χ3n) is 2.66. The van der Waals surface area contributed by atoms with Gasteiger partial charge in [-0.1, -0.05) is 17.7 Å². The van der Waals surface area contributed by atoms with Gasteiger partial charge in [0, 0.05) is 0 Å². The Balaban J connectivity index is 3.23. The molecule has 0 aromatic heterocycles. The minimum atomic E-state index is -1.16. The molecule has 0 fully saturated rings. The van der Waals surface area contributed by atoms with E-state index >= 15 is 0 Å². The average molecular weight is 244 g/mol. The third-order valence-corrected chi connectivity index (χ3v) is 2.95. The van der Waals surface area contributed by atoms with E-state index in [1.807, 2.05) is 0 Å². The van der Waals surface area contributed by atoms with Crippen LogP contribution in [0.15, 0.2) is 18.2 Å². The maximum Gasteiger partial charge on any atom is 0.328 e. The van der Waals surface area contributed by atoms with Crippen LogP contribution in [0, 0.1) is 0 Å². The lowest BCUT2D eigenvalue weighted by molar-refractivity contribution is -0.144. The number of likely N-dealkylation sites (N-methyl/N-ethyl adjacent to an activating group) is 1. The fourth-order valence-corrected chi connectivity index (χ4v) is 1.61. The highest BCUT2D eigenvalue weighted by molar-refractivity contribution is 6.32. The molecule has 5 heteroatoms. The summed E-state index contributed by atoms with van der Waals surface area (Å²) in [5, 5.41) is 12.3. The Morgan fingerprint density at radius 2 is 2.19 bits per heavy atom. The number of rotatable bonds is 4. The molecule has 4 nitrogen and oxygen atoms in total. The lowest BCUT2D eigenvalue weighted by Gasteiger charge is -2.25. The maximum absolute atomic E-state index is 11.2. The van der Waals surface area contributed by atoms with E-state index in [2.05, 4.69) is 5.32 Å². The SMILES string of the molecule is CN[C@](C)(C(=O)O)c1ccc(OC)c(Cl)c1. The number of nitrogens with one attached hydrogen (secondary N) is 1. The highest BCUT2D eigenvalue weighted by atomic mass is 35.5. The molecule has 16 heavy (non-hydrogen) atoms. The molecule has 0 aliphatic carbocycles. The van der Waals surface area contributed by atoms with Crippen molar-refractivity contribution in [2.45, 2.75) is 12.5 Å². The van der Waals surface area contributed by atoms with Crippen molar-refractivity contribution in [3.8, 4) is 5.75 Å². The fourth-order valence-electron chi connectivity index (χ4n) is 1.35. The molecular weight excluding hydrogens is 230 g/mol. The Bertz CT molecular complexity index is 408. The lowest BCUT2D eigenvalue weighted by atomic mass is 9.92. The van der Waals surface area contributed by atoms with Gasteiger partial charge in [-0.3, -0.25) is 0 Å². The zero-order valence-corrected chi connectivity index (χ0v) is 10.1. The van der Waals surface area contributed by atoms with Crippen molar-refractivity contribution in [1.29, 1.82) is 0 Å². The molecule has 2 N–H and O–H groups in total. The van der Waals surface area contributed by atoms with Gasteiger partial charge in [0.15, 0.2) is 0 Å². The average Bonchev–Trinajstić information content (AvgIpc) is 2.27. The largest absolute Gasteiger partial charge is 0.495 e. The summed E-state index contributed by atoms with van der Waals surface area (Å²) in [5.74, 6) is -0.439. The van der Waals surface area contributed by atoms with Crippen LogP contribution in [0.25, 0.3) is 0 Å². The molecule has 0 bridgehead atoms. The Morgan fingerprint density at radius 3 is 2.56 bits per heavy atom. The second-order valence-corrected chi connectivity index (χ2v) is 3.94. The maximum atomic E-state index is 11.2. The van der Waals surface area contributed by atoms with Crippen molar-refractivity contribution in [2.24, 2.45) is 0 Å². The fraction of sp³-hybridized carbons (Fsp3) is 0.364. The van der Waals surface area contributed by atoms with Gasteiger partial charge in [-0.25, -0.2) is 4.79 Å². The summed E-state index contributed by atoms with van der Waals surface area (Å²) in [7, 11) is 3.10. The summed E-state index contributed by atoms with van der Waals surface area (Å²) < 4.78 is 5.01. The van der Waals surface area contributed by atoms with Gasteiger partial charge < -0.3 is 15.2 Å². The molecule has 0 amide bonds. The number of hydrogen-bond donors (Lipinski definition) is 2. The molecule has 1 rings (SSSR count). The number of benzene rings is 1. The van der Waals surface area contributed by atoms with Crippen LogP contribution in [0.2, 0.25) is 5.02 Å². The number of halogens is 1. The van der Waals surface area contributed by atoms with Crippen molar-refractivity contribution >= 4 is 17.6 Å². The third kappa shape index (κ3) is 2.13. The molecule has 0 aliphatic heterocycles. The first kappa shape index (κ1) is 12.8. The van der Waals surface area contributed by atoms with Crippen molar-refractivity contribution < 1.29 is 14.6 Å². The number of ether oxygens (including phenoxy) is 1. The summed E-state index contributed by atoms with van der Waals surface area (Å²) in [6.07, 6.45) is 0. The smallest absolute Gasteiger partial charge is 0.328 e. The topological polar surface area (TPSA) is 58.6 Å². The van der Waals surface area contributed by atoms with Crippen LogP contribution in [0.1, 0.15) is 12.5 Å². The molecule has 0 unspecified atom stereocenters. The molecule has 0 spiro atoms. The minimum Gasteiger partial charge on any atom is -0.495 e. The van der Waals surface area contributed by atoms with Gasteiger partial charge in [-0.15, -0.1) is 0 Å². The Kier molecular flexibility index (Phi) is 3.78. The van der Waals surface area contributed by atoms with Crippen molar-refractivity contribution in [1.82, 2.24) is 5.32 Å². The summed E-state index contributed by atoms with van der Waals surface area (Å²) in [5.41, 5.74) is -0.580. The number of carbonyl (C=O) groups is 1. The summed E-state index contributed by atoms with van der Waals surface area (Å²) in [6.45, 7) is 1.58. The minimum absolute atomic E-state index is 0.391. The number of methoxy groups -OCH3 is 1. The first-order chi connectivity index (χ1) is 7.45. The standard InChI is InChI=1S/C11H14ClNO3/c1-11(13-2,10(14)15)7-4-5-9(16-3)8(12)6-7/h4-6,13H,1-3H3,(H,14,15)/t11-/m0/s1. The molecular formula is C11H14ClNO3. The van der Waals surface area contributed by atoms with Crippen LogP contribution in [0.5, 0.6) is 5.75 Å².